The molecule has 6 heteroatoms. The third-order valence-electron chi connectivity index (χ3n) is 3.44. The molecule has 0 unspecified atom stereocenters. The maximum atomic E-state index is 12.2. The van der Waals surface area contributed by atoms with Gasteiger partial charge in [0.15, 0.2) is 0 Å². The summed E-state index contributed by atoms with van der Waals surface area (Å²) < 4.78 is 6.22. The number of benzene rings is 2. The number of carbonyl (C=O) groups is 1. The van der Waals surface area contributed by atoms with Crippen LogP contribution in [0, 0.1) is 13.8 Å². The summed E-state index contributed by atoms with van der Waals surface area (Å²) in [6.07, 6.45) is 0. The zero-order valence-electron chi connectivity index (χ0n) is 13.1. The molecule has 0 atom stereocenters. The Labute approximate surface area is 138 Å². The molecule has 2 aromatic carbocycles. The number of ether oxygens (including phenoxy) is 1. The van der Waals surface area contributed by atoms with Gasteiger partial charge in [0.05, 0.1) is 17.3 Å². The molecular weight excluding hydrogens is 310 g/mol. The number of fused-ring (bicyclic) bond motifs is 1. The Bertz CT molecular complexity index is 873. The van der Waals surface area contributed by atoms with E-state index in [9.17, 15) is 4.79 Å². The summed E-state index contributed by atoms with van der Waals surface area (Å²) in [6, 6.07) is 11.2. The number of aromatic nitrogens is 1. The van der Waals surface area contributed by atoms with E-state index in [2.05, 4.69) is 34.9 Å². The van der Waals surface area contributed by atoms with Crippen molar-refractivity contribution in [3.8, 4) is 5.75 Å². The molecule has 0 saturated carbocycles. The second kappa shape index (κ2) is 6.26. The Morgan fingerprint density at radius 2 is 2.04 bits per heavy atom. The maximum absolute atomic E-state index is 12.2. The molecule has 1 amide bonds. The Morgan fingerprint density at radius 3 is 2.83 bits per heavy atom. The van der Waals surface area contributed by atoms with Crippen molar-refractivity contribution in [1.82, 2.24) is 10.4 Å². The normalized spacial score (nSPS) is 10.6. The van der Waals surface area contributed by atoms with Crippen LogP contribution in [0.1, 0.15) is 21.5 Å². The molecule has 0 spiro atoms. The number of carbonyl (C=O) groups excluding carboxylic acids is 1. The zero-order chi connectivity index (χ0) is 16.4. The highest BCUT2D eigenvalue weighted by Crippen LogP contribution is 2.28. The molecule has 23 heavy (non-hydrogen) atoms. The summed E-state index contributed by atoms with van der Waals surface area (Å²) in [6.45, 7) is 4.09. The van der Waals surface area contributed by atoms with Gasteiger partial charge in [0.2, 0.25) is 5.13 Å². The van der Waals surface area contributed by atoms with Gasteiger partial charge in [0, 0.05) is 5.56 Å². The van der Waals surface area contributed by atoms with Gasteiger partial charge in [-0.2, -0.15) is 0 Å². The third-order valence-corrected chi connectivity index (χ3v) is 4.36. The van der Waals surface area contributed by atoms with Crippen molar-refractivity contribution >= 4 is 32.6 Å². The number of nitrogens with one attached hydrogen (secondary N) is 2. The number of hydrogen-bond donors (Lipinski definition) is 2. The molecule has 118 valence electrons. The van der Waals surface area contributed by atoms with Gasteiger partial charge in [-0.05, 0) is 49.2 Å². The molecular formula is C17H17N3O2S. The van der Waals surface area contributed by atoms with E-state index in [-0.39, 0.29) is 5.91 Å². The fraction of sp³-hybridized carbons (Fsp3) is 0.176. The standard InChI is InChI=1S/C17H17N3O2S/c1-10-7-11(2)15-14(8-10)23-17(18-15)20-19-16(21)12-5-4-6-13(9-12)22-3/h4-9H,1-3H3,(H,18,20)(H,19,21). The smallest absolute Gasteiger partial charge is 0.269 e. The van der Waals surface area contributed by atoms with Crippen molar-refractivity contribution in [1.29, 1.82) is 0 Å². The Hall–Kier alpha value is -2.60. The van der Waals surface area contributed by atoms with Crippen molar-refractivity contribution in [2.24, 2.45) is 0 Å². The fourth-order valence-corrected chi connectivity index (χ4v) is 3.37. The van der Waals surface area contributed by atoms with Crippen LogP contribution >= 0.6 is 11.3 Å². The molecule has 1 aromatic heterocycles. The number of amides is 1. The number of hydrogen-bond acceptors (Lipinski definition) is 5. The lowest BCUT2D eigenvalue weighted by molar-refractivity contribution is 0.0962. The molecule has 3 aromatic rings. The molecule has 0 bridgehead atoms. The lowest BCUT2D eigenvalue weighted by atomic mass is 10.1. The van der Waals surface area contributed by atoms with E-state index in [1.54, 1.807) is 31.4 Å². The van der Waals surface area contributed by atoms with E-state index >= 15 is 0 Å². The summed E-state index contributed by atoms with van der Waals surface area (Å²) in [5.74, 6) is 0.403. The molecule has 0 radical (unpaired) electrons. The number of nitrogens with zero attached hydrogens (tertiary/aromatic N) is 1. The van der Waals surface area contributed by atoms with Crippen LogP contribution in [0.2, 0.25) is 0 Å². The summed E-state index contributed by atoms with van der Waals surface area (Å²) in [4.78, 5) is 16.7. The first-order valence-corrected chi connectivity index (χ1v) is 7.96. The largest absolute Gasteiger partial charge is 0.497 e. The highest BCUT2D eigenvalue weighted by atomic mass is 32.1. The van der Waals surface area contributed by atoms with Crippen LogP contribution in [0.4, 0.5) is 5.13 Å². The lowest BCUT2D eigenvalue weighted by Gasteiger charge is -2.06. The van der Waals surface area contributed by atoms with Crippen molar-refractivity contribution in [2.75, 3.05) is 12.5 Å². The summed E-state index contributed by atoms with van der Waals surface area (Å²) in [5, 5.41) is 0.657. The monoisotopic (exact) mass is 327 g/mol. The van der Waals surface area contributed by atoms with Crippen molar-refractivity contribution < 1.29 is 9.53 Å². The average molecular weight is 327 g/mol. The van der Waals surface area contributed by atoms with Gasteiger partial charge in [-0.3, -0.25) is 15.6 Å². The number of anilines is 1. The third kappa shape index (κ3) is 3.27. The Balaban J connectivity index is 1.75. The van der Waals surface area contributed by atoms with Gasteiger partial charge in [0.25, 0.3) is 5.91 Å². The van der Waals surface area contributed by atoms with Gasteiger partial charge in [-0.25, -0.2) is 4.98 Å². The highest BCUT2D eigenvalue weighted by Gasteiger charge is 2.09. The predicted octanol–water partition coefficient (Wildman–Crippen LogP) is 3.68. The quantitative estimate of drug-likeness (QED) is 0.718. The highest BCUT2D eigenvalue weighted by molar-refractivity contribution is 7.22. The van der Waals surface area contributed by atoms with E-state index in [1.165, 1.54) is 16.9 Å². The van der Waals surface area contributed by atoms with Gasteiger partial charge in [-0.15, -0.1) is 0 Å². The van der Waals surface area contributed by atoms with Crippen molar-refractivity contribution in [3.63, 3.8) is 0 Å². The van der Waals surface area contributed by atoms with E-state index in [4.69, 9.17) is 4.74 Å². The second-order valence-electron chi connectivity index (χ2n) is 5.26. The maximum Gasteiger partial charge on any atom is 0.269 e. The van der Waals surface area contributed by atoms with Crippen LogP contribution < -0.4 is 15.6 Å². The number of hydrazine groups is 1. The van der Waals surface area contributed by atoms with Crippen molar-refractivity contribution in [2.45, 2.75) is 13.8 Å². The molecule has 0 fully saturated rings. The van der Waals surface area contributed by atoms with Gasteiger partial charge < -0.3 is 4.74 Å². The van der Waals surface area contributed by atoms with Crippen LogP contribution in [-0.2, 0) is 0 Å². The second-order valence-corrected chi connectivity index (χ2v) is 6.29. The van der Waals surface area contributed by atoms with E-state index in [0.717, 1.165) is 15.8 Å². The first-order valence-electron chi connectivity index (χ1n) is 7.15. The number of methoxy groups -OCH3 is 1. The summed E-state index contributed by atoms with van der Waals surface area (Å²) in [7, 11) is 1.57. The van der Waals surface area contributed by atoms with Gasteiger partial charge in [-0.1, -0.05) is 23.5 Å². The first kappa shape index (κ1) is 15.3. The zero-order valence-corrected chi connectivity index (χ0v) is 14.0. The minimum absolute atomic E-state index is 0.240. The van der Waals surface area contributed by atoms with Crippen LogP contribution in [0.3, 0.4) is 0 Å². The average Bonchev–Trinajstić information content (AvgIpc) is 2.96. The van der Waals surface area contributed by atoms with Crippen LogP contribution in [0.5, 0.6) is 5.75 Å². The van der Waals surface area contributed by atoms with Crippen LogP contribution in [0.15, 0.2) is 36.4 Å². The predicted molar refractivity (Wildman–Crippen MR) is 93.2 cm³/mol. The number of thiazole rings is 1. The van der Waals surface area contributed by atoms with E-state index in [0.29, 0.717) is 16.4 Å². The fourth-order valence-electron chi connectivity index (χ4n) is 2.37. The topological polar surface area (TPSA) is 63.2 Å². The van der Waals surface area contributed by atoms with Crippen LogP contribution in [0.25, 0.3) is 10.2 Å². The SMILES string of the molecule is COc1cccc(C(=O)NNc2nc3c(C)cc(C)cc3s2)c1. The first-order chi connectivity index (χ1) is 11.1. The molecule has 1 heterocycles. The lowest BCUT2D eigenvalue weighted by Crippen LogP contribution is -2.29. The summed E-state index contributed by atoms with van der Waals surface area (Å²) in [5.41, 5.74) is 9.35. The minimum Gasteiger partial charge on any atom is -0.497 e. The van der Waals surface area contributed by atoms with E-state index in [1.807, 2.05) is 6.92 Å². The molecule has 2 N–H and O–H groups in total. The number of aryl methyl sites for hydroxylation is 2. The minimum atomic E-state index is -0.240. The van der Waals surface area contributed by atoms with E-state index < -0.39 is 0 Å². The van der Waals surface area contributed by atoms with Gasteiger partial charge in [0.1, 0.15) is 5.75 Å². The molecule has 5 nitrogen and oxygen atoms in total. The Morgan fingerprint density at radius 1 is 1.22 bits per heavy atom. The molecule has 3 rings (SSSR count). The summed E-state index contributed by atoms with van der Waals surface area (Å²) >= 11 is 1.51. The molecule has 0 saturated heterocycles. The number of rotatable bonds is 4. The molecule has 0 aliphatic carbocycles. The van der Waals surface area contributed by atoms with Crippen LogP contribution in [-0.4, -0.2) is 18.0 Å². The Kier molecular flexibility index (Phi) is 4.16. The van der Waals surface area contributed by atoms with Gasteiger partial charge >= 0.3 is 0 Å². The molecule has 0 aliphatic heterocycles. The molecule has 0 aliphatic rings. The van der Waals surface area contributed by atoms with Crippen molar-refractivity contribution in [3.05, 3.63) is 53.1 Å².